The van der Waals surface area contributed by atoms with Gasteiger partial charge in [0.15, 0.2) is 5.82 Å². The summed E-state index contributed by atoms with van der Waals surface area (Å²) >= 11 is 0. The van der Waals surface area contributed by atoms with Crippen molar-refractivity contribution in [2.45, 2.75) is 32.0 Å². The van der Waals surface area contributed by atoms with Crippen molar-refractivity contribution in [2.24, 2.45) is 11.5 Å². The summed E-state index contributed by atoms with van der Waals surface area (Å²) < 4.78 is 8.01. The summed E-state index contributed by atoms with van der Waals surface area (Å²) in [6.45, 7) is 3.93. The maximum Gasteiger partial charge on any atom is 0.234 e. The van der Waals surface area contributed by atoms with Crippen LogP contribution in [0.3, 0.4) is 0 Å². The third kappa shape index (κ3) is 5.68. The SMILES string of the molecule is N#Cc1nccc(NC2CCN(Cc3ccc(-c4nc5n(c4-c4ccccc4)CCOC(/C=C\N)=C5N)cc3)CC2)n1. The molecule has 2 aromatic heterocycles. The number of hydrogen-bond acceptors (Lipinski definition) is 9. The summed E-state index contributed by atoms with van der Waals surface area (Å²) in [5.74, 6) is 2.11. The Bertz CT molecular complexity index is 1640. The normalized spacial score (nSPS) is 16.1. The van der Waals surface area contributed by atoms with E-state index >= 15 is 0 Å². The van der Waals surface area contributed by atoms with Crippen molar-refractivity contribution in [3.05, 3.63) is 102 Å². The van der Waals surface area contributed by atoms with E-state index in [9.17, 15) is 0 Å². The molecule has 0 bridgehead atoms. The lowest BCUT2D eigenvalue weighted by Gasteiger charge is -2.32. The Morgan fingerprint density at radius 2 is 1.79 bits per heavy atom. The molecular weight excluding hydrogens is 526 g/mol. The molecule has 0 saturated carbocycles. The molecule has 0 aliphatic carbocycles. The van der Waals surface area contributed by atoms with Gasteiger partial charge in [-0.2, -0.15) is 5.26 Å². The van der Waals surface area contributed by atoms with Crippen molar-refractivity contribution in [2.75, 3.05) is 25.0 Å². The predicted octanol–water partition coefficient (Wildman–Crippen LogP) is 4.09. The highest BCUT2D eigenvalue weighted by Gasteiger charge is 2.25. The van der Waals surface area contributed by atoms with E-state index < -0.39 is 0 Å². The molecule has 10 heteroatoms. The van der Waals surface area contributed by atoms with Crippen LogP contribution in [0, 0.1) is 11.3 Å². The second-order valence-electron chi connectivity index (χ2n) is 10.4. The van der Waals surface area contributed by atoms with E-state index in [0.29, 0.717) is 42.3 Å². The Kier molecular flexibility index (Phi) is 7.83. The quantitative estimate of drug-likeness (QED) is 0.305. The number of rotatable bonds is 7. The van der Waals surface area contributed by atoms with Crippen LogP contribution in [-0.2, 0) is 17.8 Å². The fourth-order valence-electron chi connectivity index (χ4n) is 5.59. The number of piperidine rings is 1. The summed E-state index contributed by atoms with van der Waals surface area (Å²) in [5, 5.41) is 12.5. The molecule has 42 heavy (non-hydrogen) atoms. The molecule has 2 aliphatic rings. The molecule has 10 nitrogen and oxygen atoms in total. The Morgan fingerprint density at radius 3 is 2.52 bits per heavy atom. The van der Waals surface area contributed by atoms with E-state index in [4.69, 9.17) is 26.5 Å². The number of anilines is 1. The van der Waals surface area contributed by atoms with Gasteiger partial charge in [0.05, 0.1) is 17.9 Å². The van der Waals surface area contributed by atoms with Gasteiger partial charge in [0.1, 0.15) is 30.0 Å². The summed E-state index contributed by atoms with van der Waals surface area (Å²) in [5.41, 5.74) is 17.9. The molecular formula is C32H33N9O. The molecule has 1 saturated heterocycles. The van der Waals surface area contributed by atoms with Crippen LogP contribution in [0.2, 0.25) is 0 Å². The molecule has 4 aromatic rings. The Hall–Kier alpha value is -5.14. The standard InChI is InChI=1S/C32H33N9O/c33-14-10-26-29(35)32-39-30(31(41(32)18-19-42-26)24-4-2-1-3-5-24)23-8-6-22(7-9-23)21-40-16-12-25(13-17-40)37-27-11-15-36-28(20-34)38-27/h1-11,14-15,25H,12-13,16-19,21,33,35H2,(H,36,37,38)/b14-10-. The van der Waals surface area contributed by atoms with Crippen molar-refractivity contribution in [1.82, 2.24) is 24.4 Å². The van der Waals surface area contributed by atoms with Crippen LogP contribution in [0.25, 0.3) is 28.2 Å². The van der Waals surface area contributed by atoms with Crippen molar-refractivity contribution >= 4 is 11.5 Å². The summed E-state index contributed by atoms with van der Waals surface area (Å²) in [6, 6.07) is 23.1. The summed E-state index contributed by atoms with van der Waals surface area (Å²) in [6.07, 6.45) is 6.73. The number of nitrogens with zero attached hydrogens (tertiary/aromatic N) is 6. The van der Waals surface area contributed by atoms with Crippen LogP contribution in [0.5, 0.6) is 0 Å². The minimum Gasteiger partial charge on any atom is -0.489 e. The lowest BCUT2D eigenvalue weighted by Crippen LogP contribution is -2.38. The number of benzene rings is 2. The number of allylic oxidation sites excluding steroid dienone is 1. The number of hydrogen-bond donors (Lipinski definition) is 3. The molecule has 4 heterocycles. The number of fused-ring (bicyclic) bond motifs is 1. The van der Waals surface area contributed by atoms with E-state index in [1.807, 2.05) is 30.3 Å². The van der Waals surface area contributed by atoms with Gasteiger partial charge in [-0.3, -0.25) is 4.90 Å². The van der Waals surface area contributed by atoms with Gasteiger partial charge in [0, 0.05) is 43.0 Å². The molecule has 0 radical (unpaired) electrons. The maximum absolute atomic E-state index is 9.05. The molecule has 6 rings (SSSR count). The average molecular weight is 560 g/mol. The third-order valence-electron chi connectivity index (χ3n) is 7.67. The number of imidazole rings is 1. The highest BCUT2D eigenvalue weighted by molar-refractivity contribution is 5.82. The molecule has 0 unspecified atom stereocenters. The second-order valence-corrected chi connectivity index (χ2v) is 10.4. The lowest BCUT2D eigenvalue weighted by atomic mass is 10.0. The molecule has 1 fully saturated rings. The topological polar surface area (TPSA) is 144 Å². The number of ether oxygens (including phenoxy) is 1. The number of aromatic nitrogens is 4. The van der Waals surface area contributed by atoms with E-state index in [2.05, 4.69) is 61.1 Å². The number of nitriles is 1. The van der Waals surface area contributed by atoms with Crippen LogP contribution in [0.15, 0.2) is 84.9 Å². The zero-order chi connectivity index (χ0) is 28.9. The highest BCUT2D eigenvalue weighted by Crippen LogP contribution is 2.36. The molecule has 0 atom stereocenters. The first-order valence-corrected chi connectivity index (χ1v) is 14.1. The van der Waals surface area contributed by atoms with Gasteiger partial charge in [-0.25, -0.2) is 15.0 Å². The zero-order valence-electron chi connectivity index (χ0n) is 23.3. The maximum atomic E-state index is 9.05. The minimum atomic E-state index is 0.186. The molecule has 2 aromatic carbocycles. The molecule has 0 amide bonds. The van der Waals surface area contributed by atoms with Crippen molar-refractivity contribution in [3.63, 3.8) is 0 Å². The molecule has 212 valence electrons. The number of likely N-dealkylation sites (tertiary alicyclic amines) is 1. The van der Waals surface area contributed by atoms with Crippen molar-refractivity contribution in [3.8, 4) is 28.6 Å². The largest absolute Gasteiger partial charge is 0.489 e. The molecule has 2 aliphatic heterocycles. The van der Waals surface area contributed by atoms with Crippen LogP contribution in [0.1, 0.15) is 30.1 Å². The lowest BCUT2D eigenvalue weighted by molar-refractivity contribution is 0.211. The van der Waals surface area contributed by atoms with E-state index in [0.717, 1.165) is 55.0 Å². The van der Waals surface area contributed by atoms with Crippen LogP contribution in [-0.4, -0.2) is 50.2 Å². The second kappa shape index (κ2) is 12.2. The smallest absolute Gasteiger partial charge is 0.234 e. The summed E-state index contributed by atoms with van der Waals surface area (Å²) in [4.78, 5) is 15.7. The van der Waals surface area contributed by atoms with E-state index in [1.165, 1.54) is 11.8 Å². The van der Waals surface area contributed by atoms with Gasteiger partial charge in [-0.15, -0.1) is 0 Å². The Labute approximate surface area is 245 Å². The van der Waals surface area contributed by atoms with Crippen molar-refractivity contribution < 1.29 is 4.74 Å². The fraction of sp³-hybridized carbons (Fsp3) is 0.250. The Balaban J connectivity index is 1.19. The van der Waals surface area contributed by atoms with Gasteiger partial charge in [0.2, 0.25) is 5.82 Å². The monoisotopic (exact) mass is 559 g/mol. The van der Waals surface area contributed by atoms with Crippen LogP contribution < -0.4 is 16.8 Å². The van der Waals surface area contributed by atoms with Gasteiger partial charge in [-0.1, -0.05) is 54.6 Å². The highest BCUT2D eigenvalue weighted by atomic mass is 16.5. The van der Waals surface area contributed by atoms with Crippen LogP contribution in [0.4, 0.5) is 5.82 Å². The first-order valence-electron chi connectivity index (χ1n) is 14.1. The molecule has 5 N–H and O–H groups in total. The van der Waals surface area contributed by atoms with Crippen LogP contribution >= 0.6 is 0 Å². The predicted molar refractivity (Wildman–Crippen MR) is 162 cm³/mol. The molecule has 0 spiro atoms. The first kappa shape index (κ1) is 27.1. The summed E-state index contributed by atoms with van der Waals surface area (Å²) in [7, 11) is 0. The number of nitrogens with two attached hydrogens (primary N) is 2. The van der Waals surface area contributed by atoms with E-state index in [-0.39, 0.29) is 5.82 Å². The first-order chi connectivity index (χ1) is 20.6. The average Bonchev–Trinajstić information content (AvgIpc) is 3.34. The number of nitrogens with one attached hydrogen (secondary N) is 1. The fourth-order valence-corrected chi connectivity index (χ4v) is 5.59. The minimum absolute atomic E-state index is 0.186. The van der Waals surface area contributed by atoms with E-state index in [1.54, 1.807) is 12.3 Å². The van der Waals surface area contributed by atoms with Gasteiger partial charge >= 0.3 is 0 Å². The van der Waals surface area contributed by atoms with Gasteiger partial charge < -0.3 is 26.1 Å². The Morgan fingerprint density at radius 1 is 1.00 bits per heavy atom. The van der Waals surface area contributed by atoms with Crippen molar-refractivity contribution in [1.29, 1.82) is 5.26 Å². The van der Waals surface area contributed by atoms with Gasteiger partial charge in [-0.05, 0) is 36.7 Å². The third-order valence-corrected chi connectivity index (χ3v) is 7.67. The van der Waals surface area contributed by atoms with Gasteiger partial charge in [0.25, 0.3) is 0 Å². The zero-order valence-corrected chi connectivity index (χ0v) is 23.3.